The molecule has 0 aliphatic rings. The van der Waals surface area contributed by atoms with Gasteiger partial charge in [-0.2, -0.15) is 4.68 Å². The molecule has 3 aromatic rings. The molecule has 1 N–H and O–H groups in total. The Kier molecular flexibility index (Phi) is 6.13. The first-order valence-electron chi connectivity index (χ1n) is 8.47. The van der Waals surface area contributed by atoms with Crippen molar-refractivity contribution in [1.29, 1.82) is 0 Å². The van der Waals surface area contributed by atoms with Gasteiger partial charge in [0.25, 0.3) is 0 Å². The molecule has 1 aromatic heterocycles. The average Bonchev–Trinajstić information content (AvgIpc) is 3.11. The van der Waals surface area contributed by atoms with Crippen LogP contribution in [0.3, 0.4) is 0 Å². The SMILES string of the molecule is Cc1ccc(C(C)NC(=O)CSc2nnnn2-c2ccc(Cl)cc2)cc1C. The van der Waals surface area contributed by atoms with Gasteiger partial charge in [0.15, 0.2) is 0 Å². The quantitative estimate of drug-likeness (QED) is 0.634. The van der Waals surface area contributed by atoms with Gasteiger partial charge in [0.05, 0.1) is 17.5 Å². The van der Waals surface area contributed by atoms with Gasteiger partial charge in [-0.05, 0) is 72.2 Å². The van der Waals surface area contributed by atoms with Gasteiger partial charge in [-0.1, -0.05) is 41.6 Å². The van der Waals surface area contributed by atoms with Crippen molar-refractivity contribution < 1.29 is 4.79 Å². The number of halogens is 1. The third-order valence-electron chi connectivity index (χ3n) is 4.25. The zero-order valence-electron chi connectivity index (χ0n) is 15.3. The molecule has 27 heavy (non-hydrogen) atoms. The molecular weight excluding hydrogens is 382 g/mol. The van der Waals surface area contributed by atoms with Crippen molar-refractivity contribution in [2.75, 3.05) is 5.75 Å². The standard InChI is InChI=1S/C19H20ClN5OS/c1-12-4-5-15(10-13(12)2)14(3)21-18(26)11-27-19-22-23-24-25(19)17-8-6-16(20)7-9-17/h4-10,14H,11H2,1-3H3,(H,21,26). The van der Waals surface area contributed by atoms with Crippen molar-refractivity contribution in [3.63, 3.8) is 0 Å². The minimum atomic E-state index is -0.0728. The van der Waals surface area contributed by atoms with Gasteiger partial charge in [0.1, 0.15) is 0 Å². The van der Waals surface area contributed by atoms with E-state index in [4.69, 9.17) is 11.6 Å². The highest BCUT2D eigenvalue weighted by Gasteiger charge is 2.14. The lowest BCUT2D eigenvalue weighted by atomic mass is 10.0. The number of hydrogen-bond donors (Lipinski definition) is 1. The third-order valence-corrected chi connectivity index (χ3v) is 5.42. The normalized spacial score (nSPS) is 12.0. The Morgan fingerprint density at radius 2 is 1.93 bits per heavy atom. The molecule has 0 fully saturated rings. The summed E-state index contributed by atoms with van der Waals surface area (Å²) in [5.41, 5.74) is 4.32. The van der Waals surface area contributed by atoms with Crippen molar-refractivity contribution >= 4 is 29.3 Å². The number of aromatic nitrogens is 4. The Bertz CT molecular complexity index is 942. The van der Waals surface area contributed by atoms with E-state index in [1.165, 1.54) is 22.9 Å². The van der Waals surface area contributed by atoms with Crippen LogP contribution in [-0.2, 0) is 4.79 Å². The van der Waals surface area contributed by atoms with Crippen LogP contribution in [0, 0.1) is 13.8 Å². The Labute approximate surface area is 167 Å². The number of nitrogens with one attached hydrogen (secondary N) is 1. The number of carbonyl (C=O) groups excluding carboxylic acids is 1. The van der Waals surface area contributed by atoms with Crippen LogP contribution in [0.5, 0.6) is 0 Å². The first-order valence-corrected chi connectivity index (χ1v) is 9.84. The number of aryl methyl sites for hydroxylation is 2. The summed E-state index contributed by atoms with van der Waals surface area (Å²) in [6, 6.07) is 13.3. The summed E-state index contributed by atoms with van der Waals surface area (Å²) in [6.45, 7) is 6.12. The third kappa shape index (κ3) is 4.87. The highest BCUT2D eigenvalue weighted by atomic mass is 35.5. The van der Waals surface area contributed by atoms with Gasteiger partial charge >= 0.3 is 0 Å². The number of rotatable bonds is 6. The predicted octanol–water partition coefficient (Wildman–Crippen LogP) is 3.90. The lowest BCUT2D eigenvalue weighted by Gasteiger charge is -2.15. The number of benzene rings is 2. The predicted molar refractivity (Wildman–Crippen MR) is 107 cm³/mol. The Hall–Kier alpha value is -2.38. The fourth-order valence-corrected chi connectivity index (χ4v) is 3.37. The van der Waals surface area contributed by atoms with Crippen LogP contribution in [-0.4, -0.2) is 31.9 Å². The number of amides is 1. The molecule has 1 heterocycles. The number of hydrogen-bond acceptors (Lipinski definition) is 5. The van der Waals surface area contributed by atoms with E-state index in [0.717, 1.165) is 11.3 Å². The van der Waals surface area contributed by atoms with Gasteiger partial charge in [0, 0.05) is 5.02 Å². The van der Waals surface area contributed by atoms with Crippen molar-refractivity contribution in [2.24, 2.45) is 0 Å². The second-order valence-electron chi connectivity index (χ2n) is 6.27. The van der Waals surface area contributed by atoms with Crippen LogP contribution in [0.1, 0.15) is 29.7 Å². The first kappa shape index (κ1) is 19.4. The van der Waals surface area contributed by atoms with Crippen molar-refractivity contribution in [3.8, 4) is 5.69 Å². The fourth-order valence-electron chi connectivity index (χ4n) is 2.54. The van der Waals surface area contributed by atoms with Crippen molar-refractivity contribution in [1.82, 2.24) is 25.5 Å². The van der Waals surface area contributed by atoms with E-state index >= 15 is 0 Å². The van der Waals surface area contributed by atoms with Crippen LogP contribution in [0.15, 0.2) is 47.6 Å². The highest BCUT2D eigenvalue weighted by Crippen LogP contribution is 2.21. The minimum Gasteiger partial charge on any atom is -0.349 e. The van der Waals surface area contributed by atoms with Crippen LogP contribution in [0.2, 0.25) is 5.02 Å². The Balaban J connectivity index is 1.60. The molecule has 3 rings (SSSR count). The molecular formula is C19H20ClN5OS. The Morgan fingerprint density at radius 1 is 1.19 bits per heavy atom. The van der Waals surface area contributed by atoms with Gasteiger partial charge in [-0.3, -0.25) is 4.79 Å². The fraction of sp³-hybridized carbons (Fsp3) is 0.263. The molecule has 1 amide bonds. The Morgan fingerprint density at radius 3 is 2.63 bits per heavy atom. The van der Waals surface area contributed by atoms with Crippen LogP contribution >= 0.6 is 23.4 Å². The number of carbonyl (C=O) groups is 1. The molecule has 0 spiro atoms. The minimum absolute atomic E-state index is 0.0651. The lowest BCUT2D eigenvalue weighted by molar-refractivity contribution is -0.119. The molecule has 1 atom stereocenters. The van der Waals surface area contributed by atoms with E-state index in [0.29, 0.717) is 10.2 Å². The van der Waals surface area contributed by atoms with E-state index in [1.54, 1.807) is 16.8 Å². The molecule has 1 unspecified atom stereocenters. The summed E-state index contributed by atoms with van der Waals surface area (Å²) in [6.07, 6.45) is 0. The van der Waals surface area contributed by atoms with E-state index in [9.17, 15) is 4.79 Å². The molecule has 8 heteroatoms. The summed E-state index contributed by atoms with van der Waals surface area (Å²) in [5.74, 6) is 0.153. The number of nitrogens with zero attached hydrogens (tertiary/aromatic N) is 4. The van der Waals surface area contributed by atoms with Gasteiger partial charge in [-0.25, -0.2) is 0 Å². The smallest absolute Gasteiger partial charge is 0.230 e. The summed E-state index contributed by atoms with van der Waals surface area (Å²) in [4.78, 5) is 12.3. The van der Waals surface area contributed by atoms with E-state index in [1.807, 2.05) is 25.1 Å². The first-order chi connectivity index (χ1) is 12.9. The van der Waals surface area contributed by atoms with Crippen molar-refractivity contribution in [2.45, 2.75) is 32.0 Å². The number of tetrazole rings is 1. The molecule has 6 nitrogen and oxygen atoms in total. The van der Waals surface area contributed by atoms with E-state index < -0.39 is 0 Å². The molecule has 0 saturated heterocycles. The summed E-state index contributed by atoms with van der Waals surface area (Å²) in [5, 5.41) is 15.9. The summed E-state index contributed by atoms with van der Waals surface area (Å²) >= 11 is 7.20. The maximum absolute atomic E-state index is 12.3. The topological polar surface area (TPSA) is 72.7 Å². The maximum Gasteiger partial charge on any atom is 0.230 e. The summed E-state index contributed by atoms with van der Waals surface area (Å²) < 4.78 is 1.58. The monoisotopic (exact) mass is 401 g/mol. The molecule has 2 aromatic carbocycles. The van der Waals surface area contributed by atoms with Crippen LogP contribution < -0.4 is 5.32 Å². The van der Waals surface area contributed by atoms with E-state index in [-0.39, 0.29) is 17.7 Å². The molecule has 0 bridgehead atoms. The molecule has 140 valence electrons. The molecule has 0 aliphatic heterocycles. The van der Waals surface area contributed by atoms with Crippen molar-refractivity contribution in [3.05, 3.63) is 64.2 Å². The van der Waals surface area contributed by atoms with Gasteiger partial charge in [-0.15, -0.1) is 5.10 Å². The van der Waals surface area contributed by atoms with Gasteiger partial charge < -0.3 is 5.32 Å². The van der Waals surface area contributed by atoms with Crippen LogP contribution in [0.4, 0.5) is 0 Å². The lowest BCUT2D eigenvalue weighted by Crippen LogP contribution is -2.28. The number of thioether (sulfide) groups is 1. The second-order valence-corrected chi connectivity index (χ2v) is 7.65. The van der Waals surface area contributed by atoms with E-state index in [2.05, 4.69) is 46.8 Å². The van der Waals surface area contributed by atoms with Crippen LogP contribution in [0.25, 0.3) is 5.69 Å². The molecule has 0 aliphatic carbocycles. The zero-order valence-corrected chi connectivity index (χ0v) is 16.9. The second kappa shape index (κ2) is 8.54. The highest BCUT2D eigenvalue weighted by molar-refractivity contribution is 7.99. The average molecular weight is 402 g/mol. The largest absolute Gasteiger partial charge is 0.349 e. The maximum atomic E-state index is 12.3. The molecule has 0 saturated carbocycles. The molecule has 0 radical (unpaired) electrons. The zero-order chi connectivity index (χ0) is 19.4. The van der Waals surface area contributed by atoms with Gasteiger partial charge in [0.2, 0.25) is 11.1 Å². The summed E-state index contributed by atoms with van der Waals surface area (Å²) in [7, 11) is 0.